The molecule has 0 saturated carbocycles. The number of halogens is 5. The molecule has 0 fully saturated rings. The van der Waals surface area contributed by atoms with E-state index in [1.807, 2.05) is 0 Å². The molecule has 1 aliphatic carbocycles. The van der Waals surface area contributed by atoms with E-state index in [4.69, 9.17) is 4.74 Å². The molecule has 29 heavy (non-hydrogen) atoms. The van der Waals surface area contributed by atoms with Crippen LogP contribution in [0.1, 0.15) is 24.0 Å². The number of allylic oxidation sites excluding steroid dienone is 3. The standard InChI is InChI=1S/C20H18F5NO3/c1-29-19(28)18-11(17-14(5-6-16(17)27)26-15(18)9-21)7-10-3-2-4-13(22)12(10)8-20(23,24)25/h2-4,11,26H,5-9H2,1H3/t11-/m1/s1. The minimum atomic E-state index is -4.65. The number of alkyl halides is 4. The summed E-state index contributed by atoms with van der Waals surface area (Å²) in [5.74, 6) is -3.23. The number of dihydropyridines is 1. The van der Waals surface area contributed by atoms with Crippen LogP contribution in [0.15, 0.2) is 40.7 Å². The summed E-state index contributed by atoms with van der Waals surface area (Å²) in [7, 11) is 1.08. The van der Waals surface area contributed by atoms with Gasteiger partial charge in [0, 0.05) is 29.2 Å². The van der Waals surface area contributed by atoms with Gasteiger partial charge in [-0.3, -0.25) is 4.79 Å². The highest BCUT2D eigenvalue weighted by Gasteiger charge is 2.41. The van der Waals surface area contributed by atoms with Gasteiger partial charge in [0.05, 0.1) is 24.8 Å². The van der Waals surface area contributed by atoms with Crippen molar-refractivity contribution in [2.24, 2.45) is 5.92 Å². The molecule has 1 aliphatic heterocycles. The van der Waals surface area contributed by atoms with Crippen molar-refractivity contribution in [1.29, 1.82) is 0 Å². The Morgan fingerprint density at radius 1 is 1.28 bits per heavy atom. The first-order chi connectivity index (χ1) is 13.7. The Balaban J connectivity index is 2.10. The van der Waals surface area contributed by atoms with E-state index >= 15 is 0 Å². The fraction of sp³-hybridized carbons (Fsp3) is 0.400. The van der Waals surface area contributed by atoms with E-state index in [2.05, 4.69) is 5.32 Å². The molecule has 0 radical (unpaired) electrons. The maximum Gasteiger partial charge on any atom is 0.393 e. The van der Waals surface area contributed by atoms with Crippen molar-refractivity contribution < 1.29 is 36.3 Å². The molecule has 1 N–H and O–H groups in total. The average Bonchev–Trinajstić information content (AvgIpc) is 3.03. The minimum absolute atomic E-state index is 0.000358. The summed E-state index contributed by atoms with van der Waals surface area (Å²) in [6.07, 6.45) is -5.96. The van der Waals surface area contributed by atoms with Gasteiger partial charge in [-0.05, 0) is 24.5 Å². The van der Waals surface area contributed by atoms with Crippen LogP contribution >= 0.6 is 0 Å². The Bertz CT molecular complexity index is 917. The van der Waals surface area contributed by atoms with E-state index in [1.165, 1.54) is 12.1 Å². The Kier molecular flexibility index (Phi) is 5.77. The van der Waals surface area contributed by atoms with Crippen molar-refractivity contribution in [3.63, 3.8) is 0 Å². The van der Waals surface area contributed by atoms with E-state index < -0.39 is 42.5 Å². The van der Waals surface area contributed by atoms with E-state index in [1.54, 1.807) is 0 Å². The highest BCUT2D eigenvalue weighted by atomic mass is 19.4. The first-order valence-corrected chi connectivity index (χ1v) is 8.89. The Hall–Kier alpha value is -2.71. The molecule has 0 unspecified atom stereocenters. The van der Waals surface area contributed by atoms with Crippen molar-refractivity contribution >= 4 is 11.8 Å². The minimum Gasteiger partial charge on any atom is -0.466 e. The molecular weight excluding hydrogens is 397 g/mol. The number of carbonyl (C=O) groups is 2. The molecule has 1 aromatic carbocycles. The second-order valence-corrected chi connectivity index (χ2v) is 6.88. The normalized spacial score (nSPS) is 19.4. The Labute approximate surface area is 163 Å². The van der Waals surface area contributed by atoms with E-state index in [9.17, 15) is 31.5 Å². The number of ketones is 1. The third-order valence-electron chi connectivity index (χ3n) is 5.11. The highest BCUT2D eigenvalue weighted by Crippen LogP contribution is 2.40. The lowest BCUT2D eigenvalue weighted by Crippen LogP contribution is -2.33. The molecule has 1 aromatic rings. The van der Waals surface area contributed by atoms with Crippen LogP contribution in [0.4, 0.5) is 22.0 Å². The summed E-state index contributed by atoms with van der Waals surface area (Å²) in [6.45, 7) is -1.05. The lowest BCUT2D eigenvalue weighted by Gasteiger charge is -2.29. The first kappa shape index (κ1) is 21.0. The van der Waals surface area contributed by atoms with Crippen molar-refractivity contribution in [3.05, 3.63) is 57.7 Å². The summed E-state index contributed by atoms with van der Waals surface area (Å²) in [6, 6.07) is 3.49. The van der Waals surface area contributed by atoms with Crippen LogP contribution in [0.25, 0.3) is 0 Å². The number of hydrogen-bond donors (Lipinski definition) is 1. The van der Waals surface area contributed by atoms with Gasteiger partial charge in [0.15, 0.2) is 5.78 Å². The molecule has 1 heterocycles. The molecule has 4 nitrogen and oxygen atoms in total. The van der Waals surface area contributed by atoms with Gasteiger partial charge >= 0.3 is 12.1 Å². The molecule has 0 saturated heterocycles. The Morgan fingerprint density at radius 2 is 2.00 bits per heavy atom. The van der Waals surface area contributed by atoms with Gasteiger partial charge in [0.25, 0.3) is 0 Å². The van der Waals surface area contributed by atoms with Gasteiger partial charge in [0.1, 0.15) is 12.5 Å². The molecule has 9 heteroatoms. The second-order valence-electron chi connectivity index (χ2n) is 6.88. The molecule has 2 aliphatic rings. The van der Waals surface area contributed by atoms with E-state index in [0.717, 1.165) is 13.2 Å². The summed E-state index contributed by atoms with van der Waals surface area (Å²) >= 11 is 0. The SMILES string of the molecule is COC(=O)C1=C(CF)NC2=C(C(=O)CC2)[C@H]1Cc1cccc(F)c1CC(F)(F)F. The molecular formula is C20H18F5NO3. The number of methoxy groups -OCH3 is 1. The van der Waals surface area contributed by atoms with Crippen LogP contribution in [0.2, 0.25) is 0 Å². The van der Waals surface area contributed by atoms with Crippen LogP contribution in [0.3, 0.4) is 0 Å². The molecule has 0 bridgehead atoms. The van der Waals surface area contributed by atoms with Crippen molar-refractivity contribution in [1.82, 2.24) is 5.32 Å². The fourth-order valence-corrected chi connectivity index (χ4v) is 3.91. The van der Waals surface area contributed by atoms with Gasteiger partial charge in [-0.25, -0.2) is 13.6 Å². The first-order valence-electron chi connectivity index (χ1n) is 8.89. The van der Waals surface area contributed by atoms with E-state index in [0.29, 0.717) is 12.1 Å². The van der Waals surface area contributed by atoms with Crippen LogP contribution in [-0.4, -0.2) is 31.7 Å². The lowest BCUT2D eigenvalue weighted by molar-refractivity contribution is -0.136. The van der Waals surface area contributed by atoms with Gasteiger partial charge in [-0.15, -0.1) is 0 Å². The molecule has 0 aromatic heterocycles. The summed E-state index contributed by atoms with van der Waals surface area (Å²) in [4.78, 5) is 24.8. The lowest BCUT2D eigenvalue weighted by atomic mass is 9.80. The zero-order valence-corrected chi connectivity index (χ0v) is 15.5. The monoisotopic (exact) mass is 415 g/mol. The number of ether oxygens (including phenoxy) is 1. The number of Topliss-reactive ketones (excluding diaryl/α,β-unsaturated/α-hetero) is 1. The maximum absolute atomic E-state index is 14.2. The van der Waals surface area contributed by atoms with Gasteiger partial charge in [0.2, 0.25) is 0 Å². The Morgan fingerprint density at radius 3 is 2.62 bits per heavy atom. The van der Waals surface area contributed by atoms with Crippen LogP contribution in [0.5, 0.6) is 0 Å². The predicted octanol–water partition coefficient (Wildman–Crippen LogP) is 3.71. The van der Waals surface area contributed by atoms with Crippen molar-refractivity contribution in [2.45, 2.75) is 31.9 Å². The van der Waals surface area contributed by atoms with Gasteiger partial charge in [-0.2, -0.15) is 13.2 Å². The maximum atomic E-state index is 14.2. The number of hydrogen-bond acceptors (Lipinski definition) is 4. The number of benzene rings is 1. The number of rotatable bonds is 5. The molecule has 0 amide bonds. The van der Waals surface area contributed by atoms with Crippen LogP contribution in [0, 0.1) is 11.7 Å². The molecule has 0 spiro atoms. The zero-order valence-electron chi connectivity index (χ0n) is 15.5. The molecule has 156 valence electrons. The quantitative estimate of drug-likeness (QED) is 0.589. The third-order valence-corrected chi connectivity index (χ3v) is 5.11. The third kappa shape index (κ3) is 4.18. The molecule has 1 atom stereocenters. The number of nitrogens with one attached hydrogen (secondary N) is 1. The number of esters is 1. The fourth-order valence-electron chi connectivity index (χ4n) is 3.91. The van der Waals surface area contributed by atoms with Gasteiger partial charge < -0.3 is 10.1 Å². The van der Waals surface area contributed by atoms with Crippen LogP contribution < -0.4 is 5.32 Å². The summed E-state index contributed by atoms with van der Waals surface area (Å²) < 4.78 is 71.4. The van der Waals surface area contributed by atoms with E-state index in [-0.39, 0.29) is 41.0 Å². The smallest absolute Gasteiger partial charge is 0.393 e. The summed E-state index contributed by atoms with van der Waals surface area (Å²) in [5.41, 5.74) is -0.160. The second kappa shape index (κ2) is 7.96. The largest absolute Gasteiger partial charge is 0.466 e. The molecule has 3 rings (SSSR count). The van der Waals surface area contributed by atoms with Crippen LogP contribution in [-0.2, 0) is 27.2 Å². The average molecular weight is 415 g/mol. The van der Waals surface area contributed by atoms with Gasteiger partial charge in [-0.1, -0.05) is 12.1 Å². The topological polar surface area (TPSA) is 55.4 Å². The zero-order chi connectivity index (χ0) is 21.3. The van der Waals surface area contributed by atoms with Crippen molar-refractivity contribution in [2.75, 3.05) is 13.8 Å². The number of carbonyl (C=O) groups excluding carboxylic acids is 2. The predicted molar refractivity (Wildman–Crippen MR) is 92.8 cm³/mol. The highest BCUT2D eigenvalue weighted by molar-refractivity contribution is 6.03. The summed E-state index contributed by atoms with van der Waals surface area (Å²) in [5, 5.41) is 2.75. The van der Waals surface area contributed by atoms with Crippen molar-refractivity contribution in [3.8, 4) is 0 Å².